The van der Waals surface area contributed by atoms with Crippen LogP contribution in [0.25, 0.3) is 0 Å². The molecule has 0 saturated carbocycles. The van der Waals surface area contributed by atoms with E-state index in [1.807, 2.05) is 0 Å². The summed E-state index contributed by atoms with van der Waals surface area (Å²) < 4.78 is 6.05. The Morgan fingerprint density at radius 1 is 1.16 bits per heavy atom. The third-order valence-corrected chi connectivity index (χ3v) is 3.48. The lowest BCUT2D eigenvalue weighted by Gasteiger charge is -2.18. The van der Waals surface area contributed by atoms with Gasteiger partial charge in [0.1, 0.15) is 11.9 Å². The first kappa shape index (κ1) is 16.0. The van der Waals surface area contributed by atoms with Crippen molar-refractivity contribution in [2.45, 2.75) is 60.0 Å². The van der Waals surface area contributed by atoms with Crippen LogP contribution < -0.4 is 10.1 Å². The number of nitrogens with one attached hydrogen (secondary N) is 1. The number of hydrogen-bond donors (Lipinski definition) is 1. The van der Waals surface area contributed by atoms with Crippen LogP contribution in [-0.4, -0.2) is 19.2 Å². The smallest absolute Gasteiger partial charge is 0.123 e. The van der Waals surface area contributed by atoms with E-state index in [4.69, 9.17) is 4.74 Å². The molecule has 0 amide bonds. The molecule has 1 aromatic carbocycles. The molecule has 0 aliphatic rings. The quantitative estimate of drug-likeness (QED) is 0.711. The lowest BCUT2D eigenvalue weighted by molar-refractivity contribution is 0.215. The summed E-state index contributed by atoms with van der Waals surface area (Å²) >= 11 is 0. The zero-order chi connectivity index (χ0) is 14.3. The molecule has 0 heterocycles. The minimum Gasteiger partial charge on any atom is -0.489 e. The predicted molar refractivity (Wildman–Crippen MR) is 83.1 cm³/mol. The van der Waals surface area contributed by atoms with Crippen molar-refractivity contribution in [1.82, 2.24) is 5.32 Å². The Morgan fingerprint density at radius 2 is 1.89 bits per heavy atom. The maximum absolute atomic E-state index is 6.05. The molecule has 0 saturated heterocycles. The average Bonchev–Trinajstić information content (AvgIpc) is 2.35. The third-order valence-electron chi connectivity index (χ3n) is 3.48. The Morgan fingerprint density at radius 3 is 2.58 bits per heavy atom. The second-order valence-electron chi connectivity index (χ2n) is 5.54. The Hall–Kier alpha value is -1.02. The number of hydrogen-bond acceptors (Lipinski definition) is 2. The molecule has 2 nitrogen and oxygen atoms in total. The molecule has 108 valence electrons. The van der Waals surface area contributed by atoms with Gasteiger partial charge in [0.05, 0.1) is 0 Å². The minimum absolute atomic E-state index is 0.210. The normalized spacial score (nSPS) is 12.5. The molecule has 0 radical (unpaired) electrons. The molecule has 0 aliphatic heterocycles. The molecule has 2 heteroatoms. The maximum Gasteiger partial charge on any atom is 0.123 e. The Bertz CT molecular complexity index is 387. The van der Waals surface area contributed by atoms with Gasteiger partial charge in [-0.25, -0.2) is 0 Å². The molecular formula is C17H29NO. The van der Waals surface area contributed by atoms with Crippen molar-refractivity contribution in [3.8, 4) is 5.75 Å². The van der Waals surface area contributed by atoms with Crippen LogP contribution in [0.5, 0.6) is 5.75 Å². The molecular weight excluding hydrogens is 234 g/mol. The molecule has 0 aliphatic carbocycles. The monoisotopic (exact) mass is 263 g/mol. The van der Waals surface area contributed by atoms with Crippen LogP contribution in [0.15, 0.2) is 12.1 Å². The second kappa shape index (κ2) is 8.21. The topological polar surface area (TPSA) is 21.3 Å². The molecule has 19 heavy (non-hydrogen) atoms. The summed E-state index contributed by atoms with van der Waals surface area (Å²) in [5, 5.41) is 3.46. The molecule has 1 rings (SSSR count). The van der Waals surface area contributed by atoms with Crippen molar-refractivity contribution < 1.29 is 4.74 Å². The molecule has 0 bridgehead atoms. The fourth-order valence-electron chi connectivity index (χ4n) is 2.19. The van der Waals surface area contributed by atoms with Gasteiger partial charge in [0.2, 0.25) is 0 Å². The van der Waals surface area contributed by atoms with Crippen molar-refractivity contribution in [2.24, 2.45) is 0 Å². The minimum atomic E-state index is 0.210. The lowest BCUT2D eigenvalue weighted by atomic mass is 10.1. The van der Waals surface area contributed by atoms with Crippen LogP contribution >= 0.6 is 0 Å². The number of aryl methyl sites for hydroxylation is 2. The highest BCUT2D eigenvalue weighted by molar-refractivity contribution is 5.42. The van der Waals surface area contributed by atoms with Crippen molar-refractivity contribution in [3.05, 3.63) is 28.8 Å². The molecule has 1 unspecified atom stereocenters. The van der Waals surface area contributed by atoms with Crippen LogP contribution in [0, 0.1) is 20.8 Å². The first-order valence-corrected chi connectivity index (χ1v) is 7.49. The summed E-state index contributed by atoms with van der Waals surface area (Å²) in [7, 11) is 0. The SMILES string of the molecule is CCCCCNCC(C)Oc1cc(C)cc(C)c1C. The number of benzene rings is 1. The van der Waals surface area contributed by atoms with E-state index in [-0.39, 0.29) is 6.10 Å². The molecule has 1 atom stereocenters. The van der Waals surface area contributed by atoms with E-state index in [9.17, 15) is 0 Å². The highest BCUT2D eigenvalue weighted by atomic mass is 16.5. The summed E-state index contributed by atoms with van der Waals surface area (Å²) in [5.41, 5.74) is 3.82. The van der Waals surface area contributed by atoms with Gasteiger partial charge >= 0.3 is 0 Å². The van der Waals surface area contributed by atoms with E-state index in [2.05, 4.69) is 52.1 Å². The van der Waals surface area contributed by atoms with Crippen LogP contribution in [0.2, 0.25) is 0 Å². The van der Waals surface area contributed by atoms with Crippen molar-refractivity contribution >= 4 is 0 Å². The average molecular weight is 263 g/mol. The fourth-order valence-corrected chi connectivity index (χ4v) is 2.19. The van der Waals surface area contributed by atoms with Gasteiger partial charge in [-0.05, 0) is 63.4 Å². The number of ether oxygens (including phenoxy) is 1. The van der Waals surface area contributed by atoms with Crippen LogP contribution in [-0.2, 0) is 0 Å². The van der Waals surface area contributed by atoms with Crippen molar-refractivity contribution in [2.75, 3.05) is 13.1 Å². The summed E-state index contributed by atoms with van der Waals surface area (Å²) in [5.74, 6) is 1.03. The van der Waals surface area contributed by atoms with Gasteiger partial charge in [0, 0.05) is 6.54 Å². The first-order valence-electron chi connectivity index (χ1n) is 7.49. The molecule has 1 N–H and O–H groups in total. The van der Waals surface area contributed by atoms with E-state index < -0.39 is 0 Å². The predicted octanol–water partition coefficient (Wildman–Crippen LogP) is 4.16. The van der Waals surface area contributed by atoms with Crippen LogP contribution in [0.3, 0.4) is 0 Å². The number of rotatable bonds is 8. The van der Waals surface area contributed by atoms with Crippen LogP contribution in [0.1, 0.15) is 49.8 Å². The highest BCUT2D eigenvalue weighted by Gasteiger charge is 2.08. The molecule has 1 aromatic rings. The van der Waals surface area contributed by atoms with Gasteiger partial charge in [-0.3, -0.25) is 0 Å². The third kappa shape index (κ3) is 5.65. The number of unbranched alkanes of at least 4 members (excludes halogenated alkanes) is 2. The molecule has 0 spiro atoms. The lowest BCUT2D eigenvalue weighted by Crippen LogP contribution is -2.29. The van der Waals surface area contributed by atoms with Crippen molar-refractivity contribution in [1.29, 1.82) is 0 Å². The zero-order valence-electron chi connectivity index (χ0n) is 13.2. The standard InChI is InChI=1S/C17H29NO/c1-6-7-8-9-18-12-15(4)19-17-11-13(2)10-14(3)16(17)5/h10-11,15,18H,6-9,12H2,1-5H3. The molecule has 0 aromatic heterocycles. The van der Waals surface area contributed by atoms with Gasteiger partial charge in [-0.2, -0.15) is 0 Å². The van der Waals surface area contributed by atoms with Gasteiger partial charge in [-0.15, -0.1) is 0 Å². The first-order chi connectivity index (χ1) is 9.04. The van der Waals surface area contributed by atoms with E-state index in [1.165, 1.54) is 36.0 Å². The van der Waals surface area contributed by atoms with E-state index in [1.54, 1.807) is 0 Å². The van der Waals surface area contributed by atoms with E-state index >= 15 is 0 Å². The van der Waals surface area contributed by atoms with Gasteiger partial charge < -0.3 is 10.1 Å². The van der Waals surface area contributed by atoms with E-state index in [0.717, 1.165) is 18.8 Å². The fraction of sp³-hybridized carbons (Fsp3) is 0.647. The zero-order valence-corrected chi connectivity index (χ0v) is 13.2. The summed E-state index contributed by atoms with van der Waals surface area (Å²) in [4.78, 5) is 0. The van der Waals surface area contributed by atoms with Gasteiger partial charge in [0.25, 0.3) is 0 Å². The summed E-state index contributed by atoms with van der Waals surface area (Å²) in [6.45, 7) is 12.8. The summed E-state index contributed by atoms with van der Waals surface area (Å²) in [6.07, 6.45) is 4.04. The van der Waals surface area contributed by atoms with Gasteiger partial charge in [-0.1, -0.05) is 25.8 Å². The maximum atomic E-state index is 6.05. The van der Waals surface area contributed by atoms with Gasteiger partial charge in [0.15, 0.2) is 0 Å². The highest BCUT2D eigenvalue weighted by Crippen LogP contribution is 2.24. The summed E-state index contributed by atoms with van der Waals surface area (Å²) in [6, 6.07) is 4.34. The largest absolute Gasteiger partial charge is 0.489 e. The molecule has 0 fully saturated rings. The van der Waals surface area contributed by atoms with Crippen molar-refractivity contribution in [3.63, 3.8) is 0 Å². The van der Waals surface area contributed by atoms with Crippen LogP contribution in [0.4, 0.5) is 0 Å². The Balaban J connectivity index is 2.42. The van der Waals surface area contributed by atoms with E-state index in [0.29, 0.717) is 0 Å². The Labute approximate surface area is 118 Å². The Kier molecular flexibility index (Phi) is 6.93. The second-order valence-corrected chi connectivity index (χ2v) is 5.54.